The second kappa shape index (κ2) is 8.45. The van der Waals surface area contributed by atoms with Crippen molar-refractivity contribution < 1.29 is 14.3 Å². The van der Waals surface area contributed by atoms with E-state index in [1.165, 1.54) is 18.9 Å². The Hall–Kier alpha value is -1.91. The number of hydrogen-bond acceptors (Lipinski definition) is 8. The standard InChI is InChI=1S/C15H22N6O3S/c1-23-10-12(22)16-3-4-21-14-11(9-17-21)13(18-15(19-14)25-2)20-5-7-24-8-6-20/h9H,3-8,10H2,1-2H3,(H,16,22). The Kier molecular flexibility index (Phi) is 6.05. The highest BCUT2D eigenvalue weighted by molar-refractivity contribution is 7.98. The van der Waals surface area contributed by atoms with E-state index in [4.69, 9.17) is 9.47 Å². The summed E-state index contributed by atoms with van der Waals surface area (Å²) in [4.78, 5) is 23.0. The van der Waals surface area contributed by atoms with Gasteiger partial charge in [-0.05, 0) is 6.26 Å². The van der Waals surface area contributed by atoms with Crippen LogP contribution >= 0.6 is 11.8 Å². The van der Waals surface area contributed by atoms with Crippen molar-refractivity contribution in [1.82, 2.24) is 25.1 Å². The molecule has 2 aromatic rings. The number of nitrogens with zero attached hydrogens (tertiary/aromatic N) is 5. The van der Waals surface area contributed by atoms with Crippen molar-refractivity contribution in [2.45, 2.75) is 11.7 Å². The van der Waals surface area contributed by atoms with Crippen molar-refractivity contribution in [2.75, 3.05) is 57.7 Å². The molecule has 0 atom stereocenters. The minimum Gasteiger partial charge on any atom is -0.378 e. The van der Waals surface area contributed by atoms with Gasteiger partial charge in [0.1, 0.15) is 12.4 Å². The van der Waals surface area contributed by atoms with Crippen LogP contribution in [-0.2, 0) is 20.8 Å². The molecule has 0 spiro atoms. The summed E-state index contributed by atoms with van der Waals surface area (Å²) in [5.74, 6) is 0.750. The van der Waals surface area contributed by atoms with Crippen LogP contribution in [0.4, 0.5) is 5.82 Å². The molecule has 1 fully saturated rings. The fraction of sp³-hybridized carbons (Fsp3) is 0.600. The van der Waals surface area contributed by atoms with E-state index >= 15 is 0 Å². The zero-order valence-electron chi connectivity index (χ0n) is 14.4. The normalized spacial score (nSPS) is 14.9. The highest BCUT2D eigenvalue weighted by atomic mass is 32.2. The van der Waals surface area contributed by atoms with Gasteiger partial charge in [0, 0.05) is 26.7 Å². The first-order valence-corrected chi connectivity index (χ1v) is 9.31. The first-order chi connectivity index (χ1) is 12.2. The van der Waals surface area contributed by atoms with E-state index in [0.29, 0.717) is 31.5 Å². The maximum atomic E-state index is 11.5. The second-order valence-corrected chi connectivity index (χ2v) is 6.29. The van der Waals surface area contributed by atoms with Gasteiger partial charge in [0.25, 0.3) is 0 Å². The molecule has 1 amide bonds. The van der Waals surface area contributed by atoms with Crippen LogP contribution < -0.4 is 10.2 Å². The zero-order valence-corrected chi connectivity index (χ0v) is 15.2. The van der Waals surface area contributed by atoms with Crippen LogP contribution in [0.25, 0.3) is 11.0 Å². The van der Waals surface area contributed by atoms with E-state index in [-0.39, 0.29) is 12.5 Å². The molecular formula is C15H22N6O3S. The molecule has 0 aromatic carbocycles. The van der Waals surface area contributed by atoms with Gasteiger partial charge in [-0.2, -0.15) is 5.10 Å². The fourth-order valence-electron chi connectivity index (χ4n) is 2.68. The Bertz CT molecular complexity index is 731. The van der Waals surface area contributed by atoms with Gasteiger partial charge < -0.3 is 19.7 Å². The number of ether oxygens (including phenoxy) is 2. The van der Waals surface area contributed by atoms with Crippen molar-refractivity contribution in [3.63, 3.8) is 0 Å². The van der Waals surface area contributed by atoms with E-state index in [1.807, 2.05) is 6.26 Å². The Morgan fingerprint density at radius 3 is 2.92 bits per heavy atom. The van der Waals surface area contributed by atoms with Crippen LogP contribution in [0.2, 0.25) is 0 Å². The minimum atomic E-state index is -0.146. The topological polar surface area (TPSA) is 94.4 Å². The number of thioether (sulfide) groups is 1. The predicted molar refractivity (Wildman–Crippen MR) is 95.0 cm³/mol. The van der Waals surface area contributed by atoms with Crippen molar-refractivity contribution in [1.29, 1.82) is 0 Å². The summed E-state index contributed by atoms with van der Waals surface area (Å²) in [5, 5.41) is 8.85. The molecule has 0 bridgehead atoms. The highest BCUT2D eigenvalue weighted by Crippen LogP contribution is 2.26. The Morgan fingerprint density at radius 1 is 1.40 bits per heavy atom. The first kappa shape index (κ1) is 17.9. The van der Waals surface area contributed by atoms with Gasteiger partial charge in [-0.1, -0.05) is 11.8 Å². The monoisotopic (exact) mass is 366 g/mol. The molecule has 0 saturated carbocycles. The van der Waals surface area contributed by atoms with Crippen LogP contribution in [0.5, 0.6) is 0 Å². The average molecular weight is 366 g/mol. The number of anilines is 1. The van der Waals surface area contributed by atoms with Gasteiger partial charge in [0.2, 0.25) is 5.91 Å². The number of hydrogen-bond donors (Lipinski definition) is 1. The Labute approximate surface area is 150 Å². The third-order valence-electron chi connectivity index (χ3n) is 3.87. The van der Waals surface area contributed by atoms with Crippen LogP contribution in [0.15, 0.2) is 11.4 Å². The van der Waals surface area contributed by atoms with Gasteiger partial charge in [0.15, 0.2) is 10.8 Å². The van der Waals surface area contributed by atoms with E-state index in [0.717, 1.165) is 29.9 Å². The maximum absolute atomic E-state index is 11.5. The number of fused-ring (bicyclic) bond motifs is 1. The molecule has 2 aromatic heterocycles. The lowest BCUT2D eigenvalue weighted by molar-refractivity contribution is -0.124. The SMILES string of the molecule is COCC(=O)NCCn1ncc2c(N3CCOCC3)nc(SC)nc21. The number of amides is 1. The molecule has 10 heteroatoms. The molecule has 0 aliphatic carbocycles. The predicted octanol–water partition coefficient (Wildman–Crippen LogP) is 0.147. The smallest absolute Gasteiger partial charge is 0.246 e. The van der Waals surface area contributed by atoms with Crippen molar-refractivity contribution in [3.8, 4) is 0 Å². The van der Waals surface area contributed by atoms with Crippen molar-refractivity contribution >= 4 is 34.5 Å². The zero-order chi connectivity index (χ0) is 17.6. The van der Waals surface area contributed by atoms with Crippen molar-refractivity contribution in [2.24, 2.45) is 0 Å². The van der Waals surface area contributed by atoms with E-state index in [2.05, 4.69) is 25.3 Å². The summed E-state index contributed by atoms with van der Waals surface area (Å²) in [6.07, 6.45) is 3.75. The largest absolute Gasteiger partial charge is 0.378 e. The van der Waals surface area contributed by atoms with Crippen molar-refractivity contribution in [3.05, 3.63) is 6.20 Å². The molecule has 1 N–H and O–H groups in total. The summed E-state index contributed by atoms with van der Waals surface area (Å²) in [7, 11) is 1.49. The lowest BCUT2D eigenvalue weighted by atomic mass is 10.3. The molecule has 9 nitrogen and oxygen atoms in total. The summed E-state index contributed by atoms with van der Waals surface area (Å²) in [6.45, 7) is 4.05. The van der Waals surface area contributed by atoms with Gasteiger partial charge in [0.05, 0.1) is 31.3 Å². The lowest BCUT2D eigenvalue weighted by Gasteiger charge is -2.28. The molecule has 0 unspecified atom stereocenters. The third-order valence-corrected chi connectivity index (χ3v) is 4.42. The number of rotatable bonds is 7. The molecule has 3 heterocycles. The average Bonchev–Trinajstić information content (AvgIpc) is 3.05. The molecular weight excluding hydrogens is 344 g/mol. The van der Waals surface area contributed by atoms with Gasteiger partial charge >= 0.3 is 0 Å². The quantitative estimate of drug-likeness (QED) is 0.547. The Balaban J connectivity index is 1.82. The molecule has 1 aliphatic heterocycles. The number of carbonyl (C=O) groups is 1. The first-order valence-electron chi connectivity index (χ1n) is 8.09. The summed E-state index contributed by atoms with van der Waals surface area (Å²) < 4.78 is 12.0. The maximum Gasteiger partial charge on any atom is 0.246 e. The number of nitrogens with one attached hydrogen (secondary N) is 1. The fourth-order valence-corrected chi connectivity index (χ4v) is 3.03. The molecule has 0 radical (unpaired) electrons. The number of methoxy groups -OCH3 is 1. The van der Waals surface area contributed by atoms with Crippen LogP contribution in [0.3, 0.4) is 0 Å². The van der Waals surface area contributed by atoms with Crippen LogP contribution in [-0.4, -0.2) is 78.5 Å². The highest BCUT2D eigenvalue weighted by Gasteiger charge is 2.19. The molecule has 1 aliphatic rings. The molecule has 1 saturated heterocycles. The van der Waals surface area contributed by atoms with Gasteiger partial charge in [-0.25, -0.2) is 14.6 Å². The second-order valence-electron chi connectivity index (χ2n) is 5.52. The van der Waals surface area contributed by atoms with E-state index in [9.17, 15) is 4.79 Å². The van der Waals surface area contributed by atoms with Gasteiger partial charge in [-0.15, -0.1) is 0 Å². The minimum absolute atomic E-state index is 0.0554. The summed E-state index contributed by atoms with van der Waals surface area (Å²) in [6, 6.07) is 0. The Morgan fingerprint density at radius 2 is 2.20 bits per heavy atom. The molecule has 3 rings (SSSR count). The number of aromatic nitrogens is 4. The molecule has 25 heavy (non-hydrogen) atoms. The van der Waals surface area contributed by atoms with Gasteiger partial charge in [-0.3, -0.25) is 4.79 Å². The third kappa shape index (κ3) is 4.20. The molecule has 136 valence electrons. The summed E-state index contributed by atoms with van der Waals surface area (Å²) in [5.41, 5.74) is 0.779. The van der Waals surface area contributed by atoms with E-state index < -0.39 is 0 Å². The number of carbonyl (C=O) groups excluding carboxylic acids is 1. The van der Waals surface area contributed by atoms with E-state index in [1.54, 1.807) is 10.9 Å². The summed E-state index contributed by atoms with van der Waals surface area (Å²) >= 11 is 1.50. The van der Waals surface area contributed by atoms with Crippen LogP contribution in [0, 0.1) is 0 Å². The lowest BCUT2D eigenvalue weighted by Crippen LogP contribution is -2.37. The number of morpholine rings is 1. The van der Waals surface area contributed by atoms with Crippen LogP contribution in [0.1, 0.15) is 0 Å².